The van der Waals surface area contributed by atoms with Crippen molar-refractivity contribution in [3.63, 3.8) is 0 Å². The van der Waals surface area contributed by atoms with E-state index < -0.39 is 11.7 Å². The molecule has 0 spiro atoms. The van der Waals surface area contributed by atoms with E-state index in [1.807, 2.05) is 18.2 Å². The van der Waals surface area contributed by atoms with Gasteiger partial charge >= 0.3 is 0 Å². The predicted octanol–water partition coefficient (Wildman–Crippen LogP) is 4.49. The number of carbonyl (C=O) groups excluding carboxylic acids is 1. The van der Waals surface area contributed by atoms with Gasteiger partial charge in [-0.05, 0) is 49.6 Å². The third-order valence-electron chi connectivity index (χ3n) is 6.43. The maximum absolute atomic E-state index is 14.8. The predicted molar refractivity (Wildman–Crippen MR) is 143 cm³/mol. The molecule has 2 atom stereocenters. The van der Waals surface area contributed by atoms with E-state index in [9.17, 15) is 9.18 Å². The molecule has 6 N–H and O–H groups in total. The fourth-order valence-corrected chi connectivity index (χ4v) is 4.34. The summed E-state index contributed by atoms with van der Waals surface area (Å²) in [5.41, 5.74) is 13.1. The molecule has 9 nitrogen and oxygen atoms in total. The molecule has 0 saturated heterocycles. The average Bonchev–Trinajstić information content (AvgIpc) is 2.89. The quantitative estimate of drug-likeness (QED) is 0.262. The maximum Gasteiger partial charge on any atom is 0.252 e. The van der Waals surface area contributed by atoms with E-state index in [1.165, 1.54) is 0 Å². The van der Waals surface area contributed by atoms with E-state index in [1.54, 1.807) is 12.1 Å². The van der Waals surface area contributed by atoms with Crippen LogP contribution in [0.3, 0.4) is 0 Å². The van der Waals surface area contributed by atoms with Gasteiger partial charge in [0, 0.05) is 35.8 Å². The molecule has 1 fully saturated rings. The first-order valence-corrected chi connectivity index (χ1v) is 12.9. The van der Waals surface area contributed by atoms with Crippen molar-refractivity contribution in [2.75, 3.05) is 30.5 Å². The lowest BCUT2D eigenvalue weighted by atomic mass is 9.91. The minimum Gasteiger partial charge on any atom is -0.475 e. The SMILES string of the molecule is CCCCOCCOc1ccc2cc(Nc3nc(N[C@@H]4CCCC[C@@H]4N)c(F)cc3C(N)=O)ccc2n1. The number of anilines is 3. The number of nitrogens with zero attached hydrogens (tertiary/aromatic N) is 2. The van der Waals surface area contributed by atoms with E-state index in [-0.39, 0.29) is 29.3 Å². The molecule has 0 radical (unpaired) electrons. The number of benzene rings is 1. The number of halogens is 1. The zero-order valence-electron chi connectivity index (χ0n) is 21.1. The van der Waals surface area contributed by atoms with Gasteiger partial charge in [0.25, 0.3) is 5.91 Å². The molecule has 2 heterocycles. The minimum atomic E-state index is -0.780. The van der Waals surface area contributed by atoms with Crippen LogP contribution in [0.2, 0.25) is 0 Å². The number of aromatic nitrogens is 2. The van der Waals surface area contributed by atoms with Gasteiger partial charge in [0.1, 0.15) is 12.4 Å². The first-order chi connectivity index (χ1) is 17.9. The molecule has 3 aromatic rings. The van der Waals surface area contributed by atoms with E-state index >= 15 is 0 Å². The monoisotopic (exact) mass is 510 g/mol. The highest BCUT2D eigenvalue weighted by atomic mass is 19.1. The Bertz CT molecular complexity index is 1220. The number of primary amides is 1. The van der Waals surface area contributed by atoms with Gasteiger partial charge < -0.3 is 31.6 Å². The normalized spacial score (nSPS) is 17.5. The second-order valence-electron chi connectivity index (χ2n) is 9.27. The molecule has 1 aliphatic rings. The van der Waals surface area contributed by atoms with Crippen LogP contribution in [0.15, 0.2) is 36.4 Å². The second kappa shape index (κ2) is 12.6. The Labute approximate surface area is 216 Å². The van der Waals surface area contributed by atoms with Crippen LogP contribution in [0.1, 0.15) is 55.8 Å². The molecule has 1 aliphatic carbocycles. The molecule has 198 valence electrons. The number of hydrogen-bond donors (Lipinski definition) is 4. The summed E-state index contributed by atoms with van der Waals surface area (Å²) in [4.78, 5) is 20.9. The summed E-state index contributed by atoms with van der Waals surface area (Å²) in [6.07, 6.45) is 5.90. The smallest absolute Gasteiger partial charge is 0.252 e. The summed E-state index contributed by atoms with van der Waals surface area (Å²) >= 11 is 0. The largest absolute Gasteiger partial charge is 0.475 e. The van der Waals surface area contributed by atoms with Crippen molar-refractivity contribution >= 4 is 34.1 Å². The van der Waals surface area contributed by atoms with Crippen LogP contribution in [-0.2, 0) is 4.74 Å². The third-order valence-corrected chi connectivity index (χ3v) is 6.43. The van der Waals surface area contributed by atoms with Crippen molar-refractivity contribution in [3.05, 3.63) is 47.8 Å². The number of unbranched alkanes of at least 4 members (excludes halogenated alkanes) is 1. The molecule has 2 aromatic heterocycles. The lowest BCUT2D eigenvalue weighted by Crippen LogP contribution is -2.43. The van der Waals surface area contributed by atoms with Crippen molar-refractivity contribution in [1.29, 1.82) is 0 Å². The lowest BCUT2D eigenvalue weighted by molar-refractivity contribution is 0.0966. The Morgan fingerprint density at radius 1 is 1.08 bits per heavy atom. The first kappa shape index (κ1) is 26.6. The molecule has 0 unspecified atom stereocenters. The molecule has 37 heavy (non-hydrogen) atoms. The molecule has 0 aliphatic heterocycles. The van der Waals surface area contributed by atoms with E-state index in [2.05, 4.69) is 27.5 Å². The number of ether oxygens (including phenoxy) is 2. The number of rotatable bonds is 12. The highest BCUT2D eigenvalue weighted by molar-refractivity contribution is 5.99. The van der Waals surface area contributed by atoms with Crippen LogP contribution < -0.4 is 26.8 Å². The van der Waals surface area contributed by atoms with E-state index in [0.29, 0.717) is 24.8 Å². The average molecular weight is 511 g/mol. The number of carbonyl (C=O) groups is 1. The second-order valence-corrected chi connectivity index (χ2v) is 9.27. The molecule has 1 saturated carbocycles. The van der Waals surface area contributed by atoms with Crippen LogP contribution in [0.25, 0.3) is 10.9 Å². The van der Waals surface area contributed by atoms with E-state index in [0.717, 1.165) is 62.1 Å². The van der Waals surface area contributed by atoms with Crippen molar-refractivity contribution in [3.8, 4) is 5.88 Å². The Kier molecular flexibility index (Phi) is 9.08. The van der Waals surface area contributed by atoms with Crippen LogP contribution in [0.4, 0.5) is 21.7 Å². The van der Waals surface area contributed by atoms with E-state index in [4.69, 9.17) is 20.9 Å². The third kappa shape index (κ3) is 7.05. The number of fused-ring (bicyclic) bond motifs is 1. The van der Waals surface area contributed by atoms with Gasteiger partial charge in [-0.2, -0.15) is 0 Å². The fraction of sp³-hybridized carbons (Fsp3) is 0.444. The van der Waals surface area contributed by atoms with Gasteiger partial charge in [-0.1, -0.05) is 26.2 Å². The highest BCUT2D eigenvalue weighted by Gasteiger charge is 2.24. The summed E-state index contributed by atoms with van der Waals surface area (Å²) in [6, 6.07) is 10.1. The number of amides is 1. The summed E-state index contributed by atoms with van der Waals surface area (Å²) in [5, 5.41) is 7.08. The number of hydrogen-bond acceptors (Lipinski definition) is 8. The molecule has 4 rings (SSSR count). The summed E-state index contributed by atoms with van der Waals surface area (Å²) in [6.45, 7) is 3.79. The standard InChI is InChI=1S/C27H35FN6O3/c1-2-3-12-36-13-14-37-24-11-8-17-15-18(9-10-22(17)32-24)31-26-19(25(30)35)16-20(28)27(34-26)33-23-7-5-4-6-21(23)29/h8-11,15-16,21,23H,2-7,12-14,29H2,1H3,(H2,30,35)(H2,31,33,34)/t21-,23+/m0/s1. The lowest BCUT2D eigenvalue weighted by Gasteiger charge is -2.30. The zero-order valence-corrected chi connectivity index (χ0v) is 21.1. The Morgan fingerprint density at radius 2 is 1.92 bits per heavy atom. The van der Waals surface area contributed by atoms with Crippen LogP contribution >= 0.6 is 0 Å². The Hall–Kier alpha value is -3.50. The first-order valence-electron chi connectivity index (χ1n) is 12.9. The van der Waals surface area contributed by atoms with Gasteiger partial charge in [-0.25, -0.2) is 14.4 Å². The van der Waals surface area contributed by atoms with Gasteiger partial charge in [0.05, 0.1) is 17.7 Å². The zero-order chi connectivity index (χ0) is 26.2. The minimum absolute atomic E-state index is 0.0396. The van der Waals surface area contributed by atoms with Crippen molar-refractivity contribution in [2.24, 2.45) is 11.5 Å². The summed E-state index contributed by atoms with van der Waals surface area (Å²) < 4.78 is 26.0. The van der Waals surface area contributed by atoms with Gasteiger partial charge in [-0.15, -0.1) is 0 Å². The highest BCUT2D eigenvalue weighted by Crippen LogP contribution is 2.28. The Morgan fingerprint density at radius 3 is 2.70 bits per heavy atom. The van der Waals surface area contributed by atoms with Gasteiger partial charge in [-0.3, -0.25) is 4.79 Å². The fourth-order valence-electron chi connectivity index (χ4n) is 4.34. The maximum atomic E-state index is 14.8. The van der Waals surface area contributed by atoms with Gasteiger partial charge in [0.15, 0.2) is 11.6 Å². The van der Waals surface area contributed by atoms with Crippen LogP contribution in [0, 0.1) is 5.82 Å². The number of pyridine rings is 2. The Balaban J connectivity index is 1.48. The molecule has 10 heteroatoms. The van der Waals surface area contributed by atoms with Crippen molar-refractivity contribution < 1.29 is 18.7 Å². The van der Waals surface area contributed by atoms with Crippen LogP contribution in [0.5, 0.6) is 5.88 Å². The molecule has 1 amide bonds. The van der Waals surface area contributed by atoms with Crippen molar-refractivity contribution in [2.45, 2.75) is 57.5 Å². The molecular weight excluding hydrogens is 475 g/mol. The molecule has 0 bridgehead atoms. The number of nitrogens with one attached hydrogen (secondary N) is 2. The molecular formula is C27H35FN6O3. The van der Waals surface area contributed by atoms with Gasteiger partial charge in [0.2, 0.25) is 5.88 Å². The summed E-state index contributed by atoms with van der Waals surface area (Å²) in [5.74, 6) is -0.713. The topological polar surface area (TPSA) is 137 Å². The summed E-state index contributed by atoms with van der Waals surface area (Å²) in [7, 11) is 0. The van der Waals surface area contributed by atoms with Crippen LogP contribution in [-0.4, -0.2) is 47.8 Å². The molecule has 1 aromatic carbocycles. The van der Waals surface area contributed by atoms with Crippen molar-refractivity contribution in [1.82, 2.24) is 9.97 Å². The number of nitrogens with two attached hydrogens (primary N) is 2.